The average molecular weight is 387 g/mol. The molecule has 0 amide bonds. The fourth-order valence-electron chi connectivity index (χ4n) is 2.77. The highest BCUT2D eigenvalue weighted by atomic mass is 32.1. The van der Waals surface area contributed by atoms with Crippen LogP contribution in [0.2, 0.25) is 0 Å². The second-order valence-corrected chi connectivity index (χ2v) is 6.98. The predicted octanol–water partition coefficient (Wildman–Crippen LogP) is 2.50. The van der Waals surface area contributed by atoms with Crippen molar-refractivity contribution in [1.29, 1.82) is 10.5 Å². The van der Waals surface area contributed by atoms with Crippen LogP contribution in [0.1, 0.15) is 18.1 Å². The molecule has 6 heteroatoms. The summed E-state index contributed by atoms with van der Waals surface area (Å²) >= 11 is 1.13. The number of ether oxygens (including phenoxy) is 1. The smallest absolute Gasteiger partial charge is 0.273 e. The molecule has 0 N–H and O–H groups in total. The summed E-state index contributed by atoms with van der Waals surface area (Å²) in [6, 6.07) is 18.7. The molecule has 0 atom stereocenters. The number of benzene rings is 2. The van der Waals surface area contributed by atoms with Gasteiger partial charge in [-0.15, -0.1) is 11.3 Å². The zero-order chi connectivity index (χ0) is 20.1. The van der Waals surface area contributed by atoms with Gasteiger partial charge in [0.25, 0.3) is 5.56 Å². The van der Waals surface area contributed by atoms with Gasteiger partial charge in [0.2, 0.25) is 0 Å². The van der Waals surface area contributed by atoms with Gasteiger partial charge in [-0.05, 0) is 47.9 Å². The van der Waals surface area contributed by atoms with Gasteiger partial charge < -0.3 is 4.74 Å². The van der Waals surface area contributed by atoms with Gasteiger partial charge in [0, 0.05) is 0 Å². The molecule has 28 heavy (non-hydrogen) atoms. The van der Waals surface area contributed by atoms with Crippen LogP contribution < -0.4 is 19.5 Å². The van der Waals surface area contributed by atoms with E-state index in [0.717, 1.165) is 28.9 Å². The van der Waals surface area contributed by atoms with Crippen LogP contribution in [0.3, 0.4) is 0 Å². The molecule has 0 saturated heterocycles. The minimum atomic E-state index is -0.268. The molecule has 0 aliphatic rings. The standard InChI is InChI=1S/C22H17N3O2S/c1-3-15-7-9-18(10-8-15)25-21(26)20(28-22(25)17(13-23)14-24)12-16-5-4-6-19(11-16)27-2/h4-12H,3H2,1-2H3/b20-12+. The van der Waals surface area contributed by atoms with Crippen LogP contribution >= 0.6 is 11.3 Å². The lowest BCUT2D eigenvalue weighted by Crippen LogP contribution is -2.30. The van der Waals surface area contributed by atoms with Gasteiger partial charge in [-0.2, -0.15) is 10.5 Å². The van der Waals surface area contributed by atoms with E-state index >= 15 is 0 Å². The summed E-state index contributed by atoms with van der Waals surface area (Å²) in [6.45, 7) is 2.05. The highest BCUT2D eigenvalue weighted by Gasteiger charge is 2.11. The van der Waals surface area contributed by atoms with Gasteiger partial charge >= 0.3 is 0 Å². The molecule has 0 aliphatic carbocycles. The first-order valence-electron chi connectivity index (χ1n) is 8.62. The molecule has 0 fully saturated rings. The Kier molecular flexibility index (Phi) is 5.74. The Balaban J connectivity index is 2.32. The van der Waals surface area contributed by atoms with E-state index < -0.39 is 0 Å². The number of hydrogen-bond acceptors (Lipinski definition) is 5. The molecule has 0 saturated carbocycles. The molecule has 2 aromatic carbocycles. The predicted molar refractivity (Wildman–Crippen MR) is 110 cm³/mol. The molecule has 5 nitrogen and oxygen atoms in total. The highest BCUT2D eigenvalue weighted by Crippen LogP contribution is 2.13. The van der Waals surface area contributed by atoms with Crippen LogP contribution in [0.25, 0.3) is 17.3 Å². The van der Waals surface area contributed by atoms with Crippen LogP contribution in [0.15, 0.2) is 53.3 Å². The summed E-state index contributed by atoms with van der Waals surface area (Å²) in [5, 5.41) is 18.7. The Morgan fingerprint density at radius 1 is 1.18 bits per heavy atom. The molecule has 1 aromatic heterocycles. The first-order valence-corrected chi connectivity index (χ1v) is 9.44. The van der Waals surface area contributed by atoms with Crippen molar-refractivity contribution in [2.45, 2.75) is 13.3 Å². The molecule has 0 radical (unpaired) electrons. The van der Waals surface area contributed by atoms with Crippen molar-refractivity contribution in [1.82, 2.24) is 4.57 Å². The first-order chi connectivity index (χ1) is 13.6. The van der Waals surface area contributed by atoms with Crippen LogP contribution in [0, 0.1) is 22.7 Å². The van der Waals surface area contributed by atoms with Crippen molar-refractivity contribution in [3.05, 3.63) is 79.2 Å². The van der Waals surface area contributed by atoms with Crippen molar-refractivity contribution in [3.8, 4) is 23.6 Å². The van der Waals surface area contributed by atoms with Gasteiger partial charge in [-0.25, -0.2) is 0 Å². The molecule has 3 aromatic rings. The molecule has 0 spiro atoms. The summed E-state index contributed by atoms with van der Waals surface area (Å²) < 4.78 is 7.42. The third-order valence-corrected chi connectivity index (χ3v) is 5.35. The maximum atomic E-state index is 13.1. The third kappa shape index (κ3) is 3.73. The minimum Gasteiger partial charge on any atom is -0.497 e. The molecule has 0 bridgehead atoms. The van der Waals surface area contributed by atoms with Crippen molar-refractivity contribution >= 4 is 23.0 Å². The van der Waals surface area contributed by atoms with Gasteiger partial charge in [0.05, 0.1) is 17.3 Å². The Bertz CT molecular complexity index is 1250. The van der Waals surface area contributed by atoms with E-state index in [4.69, 9.17) is 4.74 Å². The van der Waals surface area contributed by atoms with E-state index in [9.17, 15) is 15.3 Å². The fourth-order valence-corrected chi connectivity index (χ4v) is 3.82. The van der Waals surface area contributed by atoms with Crippen molar-refractivity contribution < 1.29 is 4.74 Å². The molecular weight excluding hydrogens is 370 g/mol. The van der Waals surface area contributed by atoms with E-state index in [2.05, 4.69) is 6.92 Å². The molecule has 0 unspecified atom stereocenters. The van der Waals surface area contributed by atoms with Gasteiger partial charge in [-0.3, -0.25) is 9.36 Å². The SMILES string of the molecule is CCc1ccc(-n2c(=C(C#N)C#N)s/c(=C/c3cccc(OC)c3)c2=O)cc1. The van der Waals surface area contributed by atoms with E-state index in [-0.39, 0.29) is 11.1 Å². The van der Waals surface area contributed by atoms with Crippen LogP contribution in [-0.4, -0.2) is 11.7 Å². The maximum absolute atomic E-state index is 13.1. The van der Waals surface area contributed by atoms with E-state index in [1.165, 1.54) is 4.57 Å². The Morgan fingerprint density at radius 3 is 2.50 bits per heavy atom. The van der Waals surface area contributed by atoms with E-state index in [1.54, 1.807) is 13.2 Å². The van der Waals surface area contributed by atoms with Crippen LogP contribution in [0.5, 0.6) is 5.75 Å². The number of hydrogen-bond donors (Lipinski definition) is 0. The number of nitriles is 2. The minimum absolute atomic E-state index is 0.0908. The van der Waals surface area contributed by atoms with Gasteiger partial charge in [0.15, 0.2) is 5.57 Å². The largest absolute Gasteiger partial charge is 0.497 e. The third-order valence-electron chi connectivity index (χ3n) is 4.26. The van der Waals surface area contributed by atoms with E-state index in [0.29, 0.717) is 20.6 Å². The van der Waals surface area contributed by atoms with Crippen molar-refractivity contribution in [3.63, 3.8) is 0 Å². The topological polar surface area (TPSA) is 78.8 Å². The molecule has 3 rings (SSSR count). The monoisotopic (exact) mass is 387 g/mol. The number of thiazole rings is 1. The lowest BCUT2D eigenvalue weighted by Gasteiger charge is -2.03. The first kappa shape index (κ1) is 19.2. The van der Waals surface area contributed by atoms with Crippen molar-refractivity contribution in [2.75, 3.05) is 7.11 Å². The number of nitrogens with zero attached hydrogens (tertiary/aromatic N) is 3. The van der Waals surface area contributed by atoms with Crippen molar-refractivity contribution in [2.24, 2.45) is 0 Å². The molecule has 0 aliphatic heterocycles. The zero-order valence-electron chi connectivity index (χ0n) is 15.5. The van der Waals surface area contributed by atoms with Gasteiger partial charge in [0.1, 0.15) is 22.6 Å². The fraction of sp³-hybridized carbons (Fsp3) is 0.136. The lowest BCUT2D eigenvalue weighted by molar-refractivity contribution is 0.414. The van der Waals surface area contributed by atoms with Gasteiger partial charge in [-0.1, -0.05) is 31.2 Å². The molecule has 138 valence electrons. The summed E-state index contributed by atoms with van der Waals surface area (Å²) in [7, 11) is 1.58. The number of aromatic nitrogens is 1. The maximum Gasteiger partial charge on any atom is 0.273 e. The molecule has 1 heterocycles. The Labute approximate surface area is 166 Å². The van der Waals surface area contributed by atoms with E-state index in [1.807, 2.05) is 60.7 Å². The second kappa shape index (κ2) is 8.39. The quantitative estimate of drug-likeness (QED) is 0.689. The number of rotatable bonds is 4. The zero-order valence-corrected chi connectivity index (χ0v) is 16.3. The summed E-state index contributed by atoms with van der Waals surface area (Å²) in [4.78, 5) is 13.1. The molecular formula is C22H17N3O2S. The summed E-state index contributed by atoms with van der Waals surface area (Å²) in [6.07, 6.45) is 2.62. The lowest BCUT2D eigenvalue weighted by atomic mass is 10.1. The van der Waals surface area contributed by atoms with Crippen LogP contribution in [0.4, 0.5) is 0 Å². The average Bonchev–Trinajstić information content (AvgIpc) is 3.05. The second-order valence-electron chi connectivity index (χ2n) is 5.95. The number of aryl methyl sites for hydroxylation is 1. The Morgan fingerprint density at radius 2 is 1.89 bits per heavy atom. The highest BCUT2D eigenvalue weighted by molar-refractivity contribution is 7.07. The summed E-state index contributed by atoms with van der Waals surface area (Å²) in [5.74, 6) is 0.683. The summed E-state index contributed by atoms with van der Waals surface area (Å²) in [5.41, 5.74) is 2.21. The normalized spacial score (nSPS) is 10.9. The number of methoxy groups -OCH3 is 1. The Hall–Kier alpha value is -3.61. The van der Waals surface area contributed by atoms with Crippen LogP contribution in [-0.2, 0) is 6.42 Å².